The molecule has 2 fully saturated rings. The SMILES string of the molecule is CC(=O)O[C@@H]1C[C@H](OP(=O)(OC(C)(C)C)OC(C)(C)C)[C@@]2(COP(=O)(OC(C)(C)C)OC(C)(C)C)C[C@H]12. The number of fused-ring (bicyclic) bond motifs is 1. The summed E-state index contributed by atoms with van der Waals surface area (Å²) in [5.41, 5.74) is -3.99. The Balaban J connectivity index is 2.37. The van der Waals surface area contributed by atoms with Crippen molar-refractivity contribution in [2.45, 2.75) is 137 Å². The standard InChI is InChI=1S/C25H48O10P2/c1-17(26)30-19-14-20(31-37(28,34-23(8,9)10)35-24(11,12)13)25(15-18(19)25)16-29-36(27,32-21(2,3)4)33-22(5,6)7/h18-20H,14-16H2,1-13H3/t18-,19-,20+,25-/m1/s1. The number of rotatable bonds is 10. The van der Waals surface area contributed by atoms with Crippen molar-refractivity contribution >= 4 is 21.6 Å². The first-order chi connectivity index (χ1) is 16.3. The van der Waals surface area contributed by atoms with Gasteiger partial charge in [0.1, 0.15) is 6.10 Å². The first kappa shape index (κ1) is 32.9. The molecule has 12 heteroatoms. The minimum atomic E-state index is -4.08. The minimum Gasteiger partial charge on any atom is -0.462 e. The topological polar surface area (TPSA) is 116 Å². The molecule has 0 N–H and O–H groups in total. The maximum atomic E-state index is 13.9. The molecule has 0 aromatic carbocycles. The zero-order chi connectivity index (χ0) is 28.9. The van der Waals surface area contributed by atoms with E-state index < -0.39 is 61.6 Å². The molecule has 2 aliphatic rings. The summed E-state index contributed by atoms with van der Waals surface area (Å²) in [4.78, 5) is 11.8. The molecule has 2 rings (SSSR count). The predicted octanol–water partition coefficient (Wildman–Crippen LogP) is 7.21. The van der Waals surface area contributed by atoms with Crippen LogP contribution < -0.4 is 0 Å². The monoisotopic (exact) mass is 570 g/mol. The van der Waals surface area contributed by atoms with Gasteiger partial charge in [-0.25, -0.2) is 9.13 Å². The molecule has 0 unspecified atom stereocenters. The Hall–Kier alpha value is -0.310. The number of carbonyl (C=O) groups excluding carboxylic acids is 1. The van der Waals surface area contributed by atoms with Crippen LogP contribution in [-0.4, -0.2) is 47.2 Å². The lowest BCUT2D eigenvalue weighted by Crippen LogP contribution is -2.32. The summed E-state index contributed by atoms with van der Waals surface area (Å²) in [7, 11) is -8.10. The molecule has 0 aliphatic heterocycles. The Morgan fingerprint density at radius 3 is 1.54 bits per heavy atom. The van der Waals surface area contributed by atoms with E-state index in [0.717, 1.165) is 0 Å². The fourth-order valence-corrected chi connectivity index (χ4v) is 8.37. The van der Waals surface area contributed by atoms with E-state index in [0.29, 0.717) is 6.42 Å². The Bertz CT molecular complexity index is 882. The predicted molar refractivity (Wildman–Crippen MR) is 140 cm³/mol. The van der Waals surface area contributed by atoms with Crippen LogP contribution in [0.25, 0.3) is 0 Å². The molecule has 0 bridgehead atoms. The number of carbonyl (C=O) groups is 1. The fraction of sp³-hybridized carbons (Fsp3) is 0.960. The largest absolute Gasteiger partial charge is 0.476 e. The van der Waals surface area contributed by atoms with Gasteiger partial charge in [0.2, 0.25) is 0 Å². The molecule has 0 heterocycles. The third-order valence-corrected chi connectivity index (χ3v) is 9.37. The van der Waals surface area contributed by atoms with Crippen LogP contribution in [0.1, 0.15) is 103 Å². The molecular formula is C25H48O10P2. The quantitative estimate of drug-likeness (QED) is 0.197. The average molecular weight is 571 g/mol. The zero-order valence-corrected chi connectivity index (χ0v) is 26.6. The third kappa shape index (κ3) is 10.3. The number of phosphoric ester groups is 2. The van der Waals surface area contributed by atoms with Gasteiger partial charge in [-0.15, -0.1) is 0 Å². The normalized spacial score (nSPS) is 27.2. The van der Waals surface area contributed by atoms with Crippen molar-refractivity contribution in [3.8, 4) is 0 Å². The van der Waals surface area contributed by atoms with Crippen LogP contribution in [0.15, 0.2) is 0 Å². The van der Waals surface area contributed by atoms with Gasteiger partial charge >= 0.3 is 21.6 Å². The van der Waals surface area contributed by atoms with Crippen molar-refractivity contribution < 1.29 is 45.8 Å². The maximum absolute atomic E-state index is 13.9. The highest BCUT2D eigenvalue weighted by molar-refractivity contribution is 7.48. The molecule has 218 valence electrons. The van der Waals surface area contributed by atoms with Crippen LogP contribution in [0, 0.1) is 11.3 Å². The molecule has 0 saturated heterocycles. The Kier molecular flexibility index (Phi) is 9.41. The van der Waals surface area contributed by atoms with Crippen molar-refractivity contribution in [3.63, 3.8) is 0 Å². The first-order valence-electron chi connectivity index (χ1n) is 12.8. The van der Waals surface area contributed by atoms with Crippen LogP contribution in [0.4, 0.5) is 0 Å². The summed E-state index contributed by atoms with van der Waals surface area (Å²) < 4.78 is 68.4. The highest BCUT2D eigenvalue weighted by Crippen LogP contribution is 2.71. The van der Waals surface area contributed by atoms with Crippen molar-refractivity contribution in [1.29, 1.82) is 0 Å². The van der Waals surface area contributed by atoms with Gasteiger partial charge in [0.25, 0.3) is 0 Å². The van der Waals surface area contributed by atoms with Crippen molar-refractivity contribution in [2.24, 2.45) is 11.3 Å². The second-order valence-electron chi connectivity index (χ2n) is 14.0. The highest BCUT2D eigenvalue weighted by Gasteiger charge is 2.71. The molecule has 0 radical (unpaired) electrons. The molecule has 2 aliphatic carbocycles. The summed E-state index contributed by atoms with van der Waals surface area (Å²) in [6.07, 6.45) is -0.375. The summed E-state index contributed by atoms with van der Waals surface area (Å²) in [6, 6.07) is 0. The molecule has 10 nitrogen and oxygen atoms in total. The first-order valence-corrected chi connectivity index (χ1v) is 15.7. The molecule has 2 saturated carbocycles. The molecule has 0 aromatic rings. The van der Waals surface area contributed by atoms with Crippen LogP contribution in [0.2, 0.25) is 0 Å². The number of hydrogen-bond donors (Lipinski definition) is 0. The second-order valence-corrected chi connectivity index (χ2v) is 17.0. The van der Waals surface area contributed by atoms with Crippen molar-refractivity contribution in [1.82, 2.24) is 0 Å². The summed E-state index contributed by atoms with van der Waals surface area (Å²) >= 11 is 0. The van der Waals surface area contributed by atoms with E-state index in [2.05, 4.69) is 0 Å². The lowest BCUT2D eigenvalue weighted by molar-refractivity contribution is -0.147. The third-order valence-electron chi connectivity index (χ3n) is 5.32. The summed E-state index contributed by atoms with van der Waals surface area (Å²) in [6.45, 7) is 22.4. The lowest BCUT2D eigenvalue weighted by Gasteiger charge is -2.35. The van der Waals surface area contributed by atoms with Crippen LogP contribution in [0.3, 0.4) is 0 Å². The van der Waals surface area contributed by atoms with E-state index in [1.54, 1.807) is 83.1 Å². The lowest BCUT2D eigenvalue weighted by atomic mass is 10.0. The molecular weight excluding hydrogens is 522 g/mol. The van der Waals surface area contributed by atoms with Gasteiger partial charge in [0, 0.05) is 24.7 Å². The average Bonchev–Trinajstić information content (AvgIpc) is 3.21. The number of ether oxygens (including phenoxy) is 1. The van der Waals surface area contributed by atoms with E-state index >= 15 is 0 Å². The number of phosphoric acid groups is 2. The van der Waals surface area contributed by atoms with E-state index in [9.17, 15) is 13.9 Å². The van der Waals surface area contributed by atoms with Gasteiger partial charge < -0.3 is 4.74 Å². The van der Waals surface area contributed by atoms with Gasteiger partial charge in [-0.3, -0.25) is 31.9 Å². The van der Waals surface area contributed by atoms with E-state index in [1.807, 2.05) is 0 Å². The van der Waals surface area contributed by atoms with Crippen LogP contribution >= 0.6 is 15.6 Å². The van der Waals surface area contributed by atoms with E-state index in [4.69, 9.17) is 31.9 Å². The fourth-order valence-electron chi connectivity index (χ4n) is 4.41. The maximum Gasteiger partial charge on any atom is 0.476 e. The Labute approximate surface area is 223 Å². The Morgan fingerprint density at radius 1 is 0.757 bits per heavy atom. The summed E-state index contributed by atoms with van der Waals surface area (Å²) in [5, 5.41) is 0. The highest BCUT2D eigenvalue weighted by atomic mass is 31.2. The van der Waals surface area contributed by atoms with Gasteiger partial charge in [-0.1, -0.05) is 0 Å². The van der Waals surface area contributed by atoms with Crippen LogP contribution in [0.5, 0.6) is 0 Å². The van der Waals surface area contributed by atoms with Gasteiger partial charge in [0.05, 0.1) is 35.1 Å². The second kappa shape index (κ2) is 10.6. The van der Waals surface area contributed by atoms with Gasteiger partial charge in [-0.2, -0.15) is 0 Å². The van der Waals surface area contributed by atoms with E-state index in [1.165, 1.54) is 6.92 Å². The van der Waals surface area contributed by atoms with Crippen LogP contribution in [-0.2, 0) is 45.8 Å². The van der Waals surface area contributed by atoms with Crippen molar-refractivity contribution in [3.05, 3.63) is 0 Å². The zero-order valence-electron chi connectivity index (χ0n) is 24.8. The van der Waals surface area contributed by atoms with Gasteiger partial charge in [-0.05, 0) is 89.5 Å². The van der Waals surface area contributed by atoms with Crippen molar-refractivity contribution in [2.75, 3.05) is 6.61 Å². The number of hydrogen-bond acceptors (Lipinski definition) is 10. The molecule has 4 atom stereocenters. The van der Waals surface area contributed by atoms with Gasteiger partial charge in [0.15, 0.2) is 0 Å². The Morgan fingerprint density at radius 2 is 1.16 bits per heavy atom. The molecule has 0 amide bonds. The summed E-state index contributed by atoms with van der Waals surface area (Å²) in [5.74, 6) is -0.568. The molecule has 37 heavy (non-hydrogen) atoms. The molecule has 0 aromatic heterocycles. The number of esters is 1. The smallest absolute Gasteiger partial charge is 0.462 e. The molecule has 0 spiro atoms. The van der Waals surface area contributed by atoms with E-state index in [-0.39, 0.29) is 18.9 Å². The minimum absolute atomic E-state index is 0.0748.